The highest BCUT2D eigenvalue weighted by molar-refractivity contribution is 9.10. The molecule has 2 aromatic carbocycles. The Morgan fingerprint density at radius 2 is 1.83 bits per heavy atom. The van der Waals surface area contributed by atoms with Crippen LogP contribution in [0.5, 0.6) is 11.5 Å². The predicted molar refractivity (Wildman–Crippen MR) is 118 cm³/mol. The number of hydrogen-bond donors (Lipinski definition) is 3. The molecular weight excluding hydrogens is 458 g/mol. The number of halogens is 1. The van der Waals surface area contributed by atoms with Crippen molar-refractivity contribution in [3.8, 4) is 11.5 Å². The zero-order chi connectivity index (χ0) is 21.4. The maximum atomic E-state index is 12.2. The van der Waals surface area contributed by atoms with Crippen molar-refractivity contribution in [2.75, 3.05) is 13.7 Å². The van der Waals surface area contributed by atoms with Crippen molar-refractivity contribution in [3.05, 3.63) is 58.1 Å². The number of carbonyl (C=O) groups excluding carboxylic acids is 2. The van der Waals surface area contributed by atoms with Crippen LogP contribution in [0.2, 0.25) is 0 Å². The zero-order valence-corrected chi connectivity index (χ0v) is 18.6. The first-order valence-electron chi connectivity index (χ1n) is 8.77. The summed E-state index contributed by atoms with van der Waals surface area (Å²) in [6.07, 6.45) is 0. The van der Waals surface area contributed by atoms with Crippen molar-refractivity contribution >= 4 is 45.1 Å². The van der Waals surface area contributed by atoms with Gasteiger partial charge in [0.05, 0.1) is 11.6 Å². The Morgan fingerprint density at radius 1 is 1.10 bits per heavy atom. The molecule has 0 radical (unpaired) electrons. The first-order valence-corrected chi connectivity index (χ1v) is 9.97. The Balaban J connectivity index is 1.81. The number of para-hydroxylation sites is 1. The summed E-state index contributed by atoms with van der Waals surface area (Å²) in [5.41, 5.74) is 6.26. The molecule has 0 aliphatic carbocycles. The molecule has 0 heterocycles. The highest BCUT2D eigenvalue weighted by Crippen LogP contribution is 2.26. The first-order chi connectivity index (χ1) is 13.8. The summed E-state index contributed by atoms with van der Waals surface area (Å²) >= 11 is 8.35. The number of amides is 2. The minimum atomic E-state index is -0.438. The highest BCUT2D eigenvalue weighted by atomic mass is 79.9. The molecule has 2 aromatic rings. The molecule has 0 bridgehead atoms. The van der Waals surface area contributed by atoms with Crippen LogP contribution in [0, 0.1) is 0 Å². The molecule has 7 nitrogen and oxygen atoms in total. The molecule has 0 saturated heterocycles. The van der Waals surface area contributed by atoms with Crippen LogP contribution in [-0.4, -0.2) is 30.6 Å². The Kier molecular flexibility index (Phi) is 8.41. The average Bonchev–Trinajstić information content (AvgIpc) is 2.70. The van der Waals surface area contributed by atoms with Crippen molar-refractivity contribution in [2.24, 2.45) is 0 Å². The average molecular weight is 480 g/mol. The van der Waals surface area contributed by atoms with Crippen LogP contribution in [0.15, 0.2) is 46.9 Å². The second kappa shape index (κ2) is 10.8. The third-order valence-corrected chi connectivity index (χ3v) is 4.68. The van der Waals surface area contributed by atoms with Crippen LogP contribution in [0.1, 0.15) is 35.7 Å². The normalized spacial score (nSPS) is 10.2. The van der Waals surface area contributed by atoms with E-state index in [1.54, 1.807) is 18.2 Å². The molecule has 9 heteroatoms. The minimum absolute atomic E-state index is 0.0436. The van der Waals surface area contributed by atoms with E-state index in [1.807, 2.05) is 38.1 Å². The fourth-order valence-electron chi connectivity index (χ4n) is 2.41. The van der Waals surface area contributed by atoms with E-state index in [-0.39, 0.29) is 17.6 Å². The van der Waals surface area contributed by atoms with Gasteiger partial charge in [-0.15, -0.1) is 0 Å². The van der Waals surface area contributed by atoms with Crippen molar-refractivity contribution < 1.29 is 19.1 Å². The number of benzene rings is 2. The number of thiocarbonyl (C=S) groups is 1. The van der Waals surface area contributed by atoms with Crippen molar-refractivity contribution in [3.63, 3.8) is 0 Å². The van der Waals surface area contributed by atoms with Gasteiger partial charge in [-0.3, -0.25) is 25.8 Å². The summed E-state index contributed by atoms with van der Waals surface area (Å²) in [6, 6.07) is 12.4. The van der Waals surface area contributed by atoms with Gasteiger partial charge in [0, 0.05) is 5.56 Å². The lowest BCUT2D eigenvalue weighted by molar-refractivity contribution is -0.123. The van der Waals surface area contributed by atoms with Gasteiger partial charge in [0.2, 0.25) is 0 Å². The number of carbonyl (C=O) groups is 2. The number of rotatable bonds is 6. The van der Waals surface area contributed by atoms with Crippen LogP contribution in [0.25, 0.3) is 0 Å². The van der Waals surface area contributed by atoms with E-state index < -0.39 is 11.8 Å². The molecule has 0 aliphatic rings. The summed E-state index contributed by atoms with van der Waals surface area (Å²) in [6.45, 7) is 3.90. The van der Waals surface area contributed by atoms with Gasteiger partial charge < -0.3 is 9.47 Å². The predicted octanol–water partition coefficient (Wildman–Crippen LogP) is 3.30. The van der Waals surface area contributed by atoms with Gasteiger partial charge in [-0.1, -0.05) is 32.0 Å². The van der Waals surface area contributed by atoms with E-state index in [4.69, 9.17) is 21.7 Å². The van der Waals surface area contributed by atoms with Gasteiger partial charge in [-0.2, -0.15) is 0 Å². The molecule has 2 amide bonds. The summed E-state index contributed by atoms with van der Waals surface area (Å²) in [7, 11) is 1.53. The Labute approximate surface area is 183 Å². The number of hydrogen-bond acceptors (Lipinski definition) is 5. The molecule has 0 unspecified atom stereocenters. The number of ether oxygens (including phenoxy) is 2. The Morgan fingerprint density at radius 3 is 2.48 bits per heavy atom. The summed E-state index contributed by atoms with van der Waals surface area (Å²) in [5, 5.41) is 2.43. The summed E-state index contributed by atoms with van der Waals surface area (Å²) in [5.74, 6) is 0.662. The van der Waals surface area contributed by atoms with E-state index in [1.165, 1.54) is 7.11 Å². The largest absolute Gasteiger partial charge is 0.496 e. The monoisotopic (exact) mass is 479 g/mol. The molecule has 3 N–H and O–H groups in total. The molecule has 0 spiro atoms. The van der Waals surface area contributed by atoms with Crippen molar-refractivity contribution in [2.45, 2.75) is 19.8 Å². The maximum absolute atomic E-state index is 12.2. The molecule has 29 heavy (non-hydrogen) atoms. The second-order valence-electron chi connectivity index (χ2n) is 6.29. The SMILES string of the molecule is COc1ccc(C(=O)NC(=S)NNC(=O)COc2ccccc2C(C)C)cc1Br. The van der Waals surface area contributed by atoms with Crippen LogP contribution in [-0.2, 0) is 4.79 Å². The van der Waals surface area contributed by atoms with Crippen LogP contribution < -0.4 is 25.6 Å². The van der Waals surface area contributed by atoms with Gasteiger partial charge in [0.15, 0.2) is 11.7 Å². The molecule has 0 aliphatic heterocycles. The molecule has 154 valence electrons. The molecule has 0 saturated carbocycles. The van der Waals surface area contributed by atoms with Crippen LogP contribution in [0.4, 0.5) is 0 Å². The Hall–Kier alpha value is -2.65. The molecule has 0 fully saturated rings. The Bertz CT molecular complexity index is 905. The number of nitrogens with one attached hydrogen (secondary N) is 3. The lowest BCUT2D eigenvalue weighted by Crippen LogP contribution is -2.49. The topological polar surface area (TPSA) is 88.7 Å². The van der Waals surface area contributed by atoms with E-state index in [0.717, 1.165) is 5.56 Å². The van der Waals surface area contributed by atoms with Crippen molar-refractivity contribution in [1.82, 2.24) is 16.2 Å². The fraction of sp³-hybridized carbons (Fsp3) is 0.250. The quantitative estimate of drug-likeness (QED) is 0.435. The second-order valence-corrected chi connectivity index (χ2v) is 7.55. The van der Waals surface area contributed by atoms with Gasteiger partial charge >= 0.3 is 0 Å². The fourth-order valence-corrected chi connectivity index (χ4v) is 3.09. The van der Waals surface area contributed by atoms with E-state index in [0.29, 0.717) is 21.5 Å². The lowest BCUT2D eigenvalue weighted by atomic mass is 10.0. The van der Waals surface area contributed by atoms with E-state index in [2.05, 4.69) is 32.1 Å². The lowest BCUT2D eigenvalue weighted by Gasteiger charge is -2.14. The summed E-state index contributed by atoms with van der Waals surface area (Å²) in [4.78, 5) is 24.2. The molecular formula is C20H22BrN3O4S. The zero-order valence-electron chi connectivity index (χ0n) is 16.2. The van der Waals surface area contributed by atoms with Crippen molar-refractivity contribution in [1.29, 1.82) is 0 Å². The molecule has 0 aromatic heterocycles. The standard InChI is InChI=1S/C20H22BrN3O4S/c1-12(2)14-6-4-5-7-16(14)28-11-18(25)23-24-20(29)22-19(26)13-8-9-17(27-3)15(21)10-13/h4-10,12H,11H2,1-3H3,(H,23,25)(H2,22,24,26,29). The highest BCUT2D eigenvalue weighted by Gasteiger charge is 2.12. The van der Waals surface area contributed by atoms with Gasteiger partial charge in [-0.25, -0.2) is 0 Å². The van der Waals surface area contributed by atoms with Gasteiger partial charge in [0.25, 0.3) is 11.8 Å². The number of hydrazine groups is 1. The van der Waals surface area contributed by atoms with Gasteiger partial charge in [-0.05, 0) is 63.9 Å². The van der Waals surface area contributed by atoms with Crippen LogP contribution in [0.3, 0.4) is 0 Å². The van der Waals surface area contributed by atoms with E-state index >= 15 is 0 Å². The molecule has 2 rings (SSSR count). The maximum Gasteiger partial charge on any atom is 0.276 e. The summed E-state index contributed by atoms with van der Waals surface area (Å²) < 4.78 is 11.3. The third kappa shape index (κ3) is 6.72. The van der Waals surface area contributed by atoms with E-state index in [9.17, 15) is 9.59 Å². The third-order valence-electron chi connectivity index (χ3n) is 3.86. The van der Waals surface area contributed by atoms with Gasteiger partial charge in [0.1, 0.15) is 11.5 Å². The molecule has 0 atom stereocenters. The first kappa shape index (κ1) is 22.6. The minimum Gasteiger partial charge on any atom is -0.496 e. The van der Waals surface area contributed by atoms with Crippen LogP contribution >= 0.6 is 28.1 Å². The number of methoxy groups -OCH3 is 1. The smallest absolute Gasteiger partial charge is 0.276 e.